The maximum absolute atomic E-state index is 2.38. The van der Waals surface area contributed by atoms with Gasteiger partial charge in [-0.25, -0.2) is 0 Å². The molecule has 4 aromatic carbocycles. The van der Waals surface area contributed by atoms with Crippen LogP contribution in [0.5, 0.6) is 0 Å². The van der Waals surface area contributed by atoms with Gasteiger partial charge in [-0.05, 0) is 36.2 Å². The van der Waals surface area contributed by atoms with Gasteiger partial charge in [0, 0.05) is 28.6 Å². The Morgan fingerprint density at radius 2 is 1.29 bits per heavy atom. The Balaban J connectivity index is 2.12. The number of benzene rings is 4. The number of hydrogen-bond acceptors (Lipinski definition) is 0. The van der Waals surface area contributed by atoms with Crippen molar-refractivity contribution < 1.29 is 0 Å². The van der Waals surface area contributed by atoms with E-state index in [1.165, 1.54) is 54.5 Å². The van der Waals surface area contributed by atoms with Crippen LogP contribution in [0.4, 0.5) is 0 Å². The molecule has 0 spiro atoms. The van der Waals surface area contributed by atoms with Gasteiger partial charge in [-0.3, -0.25) is 0 Å². The molecule has 0 aliphatic heterocycles. The van der Waals surface area contributed by atoms with E-state index in [0.29, 0.717) is 0 Å². The molecule has 0 saturated heterocycles. The number of rotatable bonds is 0. The molecule has 0 unspecified atom stereocenters. The fourth-order valence-corrected chi connectivity index (χ4v) is 4.31. The van der Waals surface area contributed by atoms with Crippen LogP contribution in [0, 0.1) is 13.8 Å². The first-order chi connectivity index (χ1) is 11.6. The van der Waals surface area contributed by atoms with Gasteiger partial charge in [0.1, 0.15) is 0 Å². The number of aryl methyl sites for hydroxylation is 3. The van der Waals surface area contributed by atoms with Crippen molar-refractivity contribution in [1.82, 2.24) is 4.57 Å². The molecule has 5 rings (SSSR count). The third-order valence-electron chi connectivity index (χ3n) is 5.32. The molecule has 24 heavy (non-hydrogen) atoms. The smallest absolute Gasteiger partial charge is 0.0568 e. The number of nitrogens with zero attached hydrogens (tertiary/aromatic N) is 1. The number of aromatic nitrogens is 1. The Morgan fingerprint density at radius 3 is 2.12 bits per heavy atom. The van der Waals surface area contributed by atoms with Crippen molar-refractivity contribution in [3.8, 4) is 0 Å². The summed E-state index contributed by atoms with van der Waals surface area (Å²) in [7, 11) is 2.20. The van der Waals surface area contributed by atoms with E-state index >= 15 is 0 Å². The predicted octanol–water partition coefficient (Wildman–Crippen LogP) is 6.25. The molecule has 1 heteroatoms. The summed E-state index contributed by atoms with van der Waals surface area (Å²) in [4.78, 5) is 0. The highest BCUT2D eigenvalue weighted by atomic mass is 14.9. The molecule has 0 atom stereocenters. The zero-order chi connectivity index (χ0) is 16.4. The first-order valence-electron chi connectivity index (χ1n) is 8.45. The molecular weight excluding hydrogens is 290 g/mol. The maximum atomic E-state index is 2.38. The largest absolute Gasteiger partial charge is 0.343 e. The van der Waals surface area contributed by atoms with E-state index in [4.69, 9.17) is 0 Å². The normalized spacial score (nSPS) is 12.0. The van der Waals surface area contributed by atoms with E-state index in [9.17, 15) is 0 Å². The highest BCUT2D eigenvalue weighted by molar-refractivity contribution is 6.23. The molecule has 1 aromatic heterocycles. The van der Waals surface area contributed by atoms with Crippen molar-refractivity contribution in [2.24, 2.45) is 7.05 Å². The Labute approximate surface area is 141 Å². The van der Waals surface area contributed by atoms with Crippen LogP contribution in [0.25, 0.3) is 43.4 Å². The topological polar surface area (TPSA) is 4.93 Å². The van der Waals surface area contributed by atoms with Crippen LogP contribution in [0.2, 0.25) is 0 Å². The van der Waals surface area contributed by atoms with Gasteiger partial charge in [-0.2, -0.15) is 0 Å². The molecular formula is C23H19N. The van der Waals surface area contributed by atoms with Gasteiger partial charge in [0.2, 0.25) is 0 Å². The zero-order valence-electron chi connectivity index (χ0n) is 14.2. The molecule has 5 aromatic rings. The Bertz CT molecular complexity index is 1270. The van der Waals surface area contributed by atoms with Gasteiger partial charge in [0.25, 0.3) is 0 Å². The minimum absolute atomic E-state index is 1.30. The third kappa shape index (κ3) is 1.64. The summed E-state index contributed by atoms with van der Waals surface area (Å²) in [6.07, 6.45) is 0. The second kappa shape index (κ2) is 4.61. The summed E-state index contributed by atoms with van der Waals surface area (Å²) in [6.45, 7) is 4.39. The average Bonchev–Trinajstić information content (AvgIpc) is 2.88. The lowest BCUT2D eigenvalue weighted by Crippen LogP contribution is -1.90. The van der Waals surface area contributed by atoms with Gasteiger partial charge in [-0.1, -0.05) is 60.2 Å². The summed E-state index contributed by atoms with van der Waals surface area (Å²) in [6, 6.07) is 22.3. The quantitative estimate of drug-likeness (QED) is 0.318. The van der Waals surface area contributed by atoms with Crippen LogP contribution in [-0.2, 0) is 7.05 Å². The van der Waals surface area contributed by atoms with E-state index in [-0.39, 0.29) is 0 Å². The summed E-state index contributed by atoms with van der Waals surface area (Å²) in [5, 5.41) is 8.01. The molecule has 1 nitrogen and oxygen atoms in total. The molecule has 0 amide bonds. The fraction of sp³-hybridized carbons (Fsp3) is 0.130. The van der Waals surface area contributed by atoms with Crippen molar-refractivity contribution in [2.75, 3.05) is 0 Å². The lowest BCUT2D eigenvalue weighted by atomic mass is 9.99. The summed E-state index contributed by atoms with van der Waals surface area (Å²) in [5.41, 5.74) is 5.34. The van der Waals surface area contributed by atoms with Gasteiger partial charge in [0.15, 0.2) is 0 Å². The second-order valence-corrected chi connectivity index (χ2v) is 6.88. The van der Waals surface area contributed by atoms with Crippen molar-refractivity contribution in [2.45, 2.75) is 13.8 Å². The molecule has 0 aliphatic rings. The summed E-state index contributed by atoms with van der Waals surface area (Å²) >= 11 is 0. The van der Waals surface area contributed by atoms with Crippen molar-refractivity contribution in [1.29, 1.82) is 0 Å². The standard InChI is InChI=1S/C23H19N/c1-14-12-15(2)17-10-11-20-19-9-8-16-6-4-5-7-18(16)22(19)24(3)23(20)21(17)13-14/h4-13H,1-3H3. The van der Waals surface area contributed by atoms with Crippen LogP contribution in [0.15, 0.2) is 60.7 Å². The molecule has 1 heterocycles. The Hall–Kier alpha value is -2.80. The maximum Gasteiger partial charge on any atom is 0.0568 e. The van der Waals surface area contributed by atoms with E-state index < -0.39 is 0 Å². The van der Waals surface area contributed by atoms with Gasteiger partial charge in [-0.15, -0.1) is 0 Å². The molecule has 116 valence electrons. The molecule has 0 fully saturated rings. The third-order valence-corrected chi connectivity index (χ3v) is 5.32. The van der Waals surface area contributed by atoms with Gasteiger partial charge < -0.3 is 4.57 Å². The monoisotopic (exact) mass is 309 g/mol. The first kappa shape index (κ1) is 13.6. The molecule has 0 bridgehead atoms. The second-order valence-electron chi connectivity index (χ2n) is 6.88. The number of hydrogen-bond donors (Lipinski definition) is 0. The first-order valence-corrected chi connectivity index (χ1v) is 8.45. The fourth-order valence-electron chi connectivity index (χ4n) is 4.31. The molecule has 0 saturated carbocycles. The highest BCUT2D eigenvalue weighted by Crippen LogP contribution is 2.37. The van der Waals surface area contributed by atoms with Crippen LogP contribution < -0.4 is 0 Å². The van der Waals surface area contributed by atoms with E-state index in [2.05, 4.69) is 86.1 Å². The average molecular weight is 309 g/mol. The van der Waals surface area contributed by atoms with E-state index in [0.717, 1.165) is 0 Å². The van der Waals surface area contributed by atoms with Crippen molar-refractivity contribution in [3.05, 3.63) is 71.8 Å². The van der Waals surface area contributed by atoms with Gasteiger partial charge >= 0.3 is 0 Å². The van der Waals surface area contributed by atoms with E-state index in [1.54, 1.807) is 0 Å². The van der Waals surface area contributed by atoms with Gasteiger partial charge in [0.05, 0.1) is 11.0 Å². The Morgan fingerprint density at radius 1 is 0.625 bits per heavy atom. The summed E-state index contributed by atoms with van der Waals surface area (Å²) in [5.74, 6) is 0. The number of fused-ring (bicyclic) bond motifs is 7. The minimum Gasteiger partial charge on any atom is -0.343 e. The summed E-state index contributed by atoms with van der Waals surface area (Å²) < 4.78 is 2.38. The van der Waals surface area contributed by atoms with Crippen molar-refractivity contribution >= 4 is 43.4 Å². The van der Waals surface area contributed by atoms with Crippen LogP contribution in [0.1, 0.15) is 11.1 Å². The van der Waals surface area contributed by atoms with E-state index in [1.807, 2.05) is 0 Å². The molecule has 0 radical (unpaired) electrons. The lowest BCUT2D eigenvalue weighted by Gasteiger charge is -2.08. The molecule has 0 aliphatic carbocycles. The Kier molecular flexibility index (Phi) is 2.62. The lowest BCUT2D eigenvalue weighted by molar-refractivity contribution is 1.02. The molecule has 0 N–H and O–H groups in total. The van der Waals surface area contributed by atoms with Crippen molar-refractivity contribution in [3.63, 3.8) is 0 Å². The minimum atomic E-state index is 1.30. The SMILES string of the molecule is Cc1cc(C)c2ccc3c4ccc5ccccc5c4n(C)c3c2c1. The predicted molar refractivity (Wildman–Crippen MR) is 105 cm³/mol. The van der Waals surface area contributed by atoms with Crippen LogP contribution >= 0.6 is 0 Å². The zero-order valence-corrected chi connectivity index (χ0v) is 14.2. The van der Waals surface area contributed by atoms with Crippen LogP contribution in [0.3, 0.4) is 0 Å². The highest BCUT2D eigenvalue weighted by Gasteiger charge is 2.14. The van der Waals surface area contributed by atoms with Crippen LogP contribution in [-0.4, -0.2) is 4.57 Å².